The molecule has 1 atom stereocenters. The second-order valence-corrected chi connectivity index (χ2v) is 4.28. The molecule has 2 N–H and O–H groups in total. The molecule has 0 aromatic heterocycles. The Bertz CT molecular complexity index is 364. The Kier molecular flexibility index (Phi) is 3.99. The van der Waals surface area contributed by atoms with E-state index in [1.165, 1.54) is 0 Å². The standard InChI is InChI=1S/C11H16BrNO2/c1-6-10(14-3)8(7(2)13)5-9(12)11(6)15-4/h5,7H,13H2,1-4H3. The summed E-state index contributed by atoms with van der Waals surface area (Å²) >= 11 is 3.45. The monoisotopic (exact) mass is 273 g/mol. The number of hydrogen-bond donors (Lipinski definition) is 1. The van der Waals surface area contributed by atoms with E-state index in [2.05, 4.69) is 15.9 Å². The lowest BCUT2D eigenvalue weighted by molar-refractivity contribution is 0.382. The zero-order valence-electron chi connectivity index (χ0n) is 9.43. The first-order valence-corrected chi connectivity index (χ1v) is 5.48. The molecule has 0 bridgehead atoms. The summed E-state index contributed by atoms with van der Waals surface area (Å²) < 4.78 is 11.5. The summed E-state index contributed by atoms with van der Waals surface area (Å²) in [5, 5.41) is 0. The number of ether oxygens (including phenoxy) is 2. The zero-order chi connectivity index (χ0) is 11.6. The van der Waals surface area contributed by atoms with E-state index in [1.54, 1.807) is 14.2 Å². The summed E-state index contributed by atoms with van der Waals surface area (Å²) in [6.07, 6.45) is 0. The molecule has 0 radical (unpaired) electrons. The lowest BCUT2D eigenvalue weighted by Gasteiger charge is -2.18. The molecule has 15 heavy (non-hydrogen) atoms. The van der Waals surface area contributed by atoms with Crippen LogP contribution in [0.25, 0.3) is 0 Å². The molecule has 0 amide bonds. The number of benzene rings is 1. The maximum atomic E-state index is 5.88. The van der Waals surface area contributed by atoms with Gasteiger partial charge in [0, 0.05) is 17.2 Å². The van der Waals surface area contributed by atoms with Crippen molar-refractivity contribution in [2.75, 3.05) is 14.2 Å². The van der Waals surface area contributed by atoms with Crippen molar-refractivity contribution in [3.63, 3.8) is 0 Å². The van der Waals surface area contributed by atoms with Gasteiger partial charge in [0.2, 0.25) is 0 Å². The van der Waals surface area contributed by atoms with Crippen LogP contribution in [0.15, 0.2) is 10.5 Å². The fraction of sp³-hybridized carbons (Fsp3) is 0.455. The summed E-state index contributed by atoms with van der Waals surface area (Å²) in [7, 11) is 3.28. The highest BCUT2D eigenvalue weighted by Crippen LogP contribution is 2.39. The SMILES string of the molecule is COc1c(Br)cc(C(C)N)c(OC)c1C. The first kappa shape index (κ1) is 12.3. The maximum Gasteiger partial charge on any atom is 0.139 e. The maximum absolute atomic E-state index is 5.88. The minimum absolute atomic E-state index is 0.0687. The molecule has 84 valence electrons. The van der Waals surface area contributed by atoms with Gasteiger partial charge in [0.05, 0.1) is 18.7 Å². The van der Waals surface area contributed by atoms with Gasteiger partial charge in [-0.1, -0.05) is 0 Å². The van der Waals surface area contributed by atoms with Gasteiger partial charge >= 0.3 is 0 Å². The smallest absolute Gasteiger partial charge is 0.139 e. The summed E-state index contributed by atoms with van der Waals surface area (Å²) in [4.78, 5) is 0. The predicted octanol–water partition coefficient (Wildman–Crippen LogP) is 2.79. The minimum atomic E-state index is -0.0687. The van der Waals surface area contributed by atoms with Gasteiger partial charge < -0.3 is 15.2 Å². The first-order valence-electron chi connectivity index (χ1n) is 4.69. The van der Waals surface area contributed by atoms with Crippen LogP contribution >= 0.6 is 15.9 Å². The minimum Gasteiger partial charge on any atom is -0.496 e. The van der Waals surface area contributed by atoms with Gasteiger partial charge in [-0.05, 0) is 35.8 Å². The number of hydrogen-bond acceptors (Lipinski definition) is 3. The van der Waals surface area contributed by atoms with Crippen molar-refractivity contribution < 1.29 is 9.47 Å². The van der Waals surface area contributed by atoms with E-state index in [9.17, 15) is 0 Å². The zero-order valence-corrected chi connectivity index (χ0v) is 11.0. The van der Waals surface area contributed by atoms with Gasteiger partial charge in [-0.15, -0.1) is 0 Å². The molecule has 0 saturated carbocycles. The molecule has 0 aliphatic heterocycles. The van der Waals surface area contributed by atoms with Crippen LogP contribution in [0.1, 0.15) is 24.1 Å². The summed E-state index contributed by atoms with van der Waals surface area (Å²) in [5.74, 6) is 1.58. The van der Waals surface area contributed by atoms with E-state index in [4.69, 9.17) is 15.2 Å². The van der Waals surface area contributed by atoms with Crippen LogP contribution in [0, 0.1) is 6.92 Å². The van der Waals surface area contributed by atoms with Gasteiger partial charge in [0.1, 0.15) is 11.5 Å². The summed E-state index contributed by atoms with van der Waals surface area (Å²) in [6, 6.07) is 1.87. The van der Waals surface area contributed by atoms with E-state index in [0.29, 0.717) is 0 Å². The van der Waals surface area contributed by atoms with Crippen LogP contribution in [0.2, 0.25) is 0 Å². The first-order chi connectivity index (χ1) is 7.02. The van der Waals surface area contributed by atoms with Gasteiger partial charge in [-0.3, -0.25) is 0 Å². The highest BCUT2D eigenvalue weighted by Gasteiger charge is 2.17. The summed E-state index contributed by atoms with van der Waals surface area (Å²) in [6.45, 7) is 3.88. The Hall–Kier alpha value is -0.740. The van der Waals surface area contributed by atoms with Crippen molar-refractivity contribution >= 4 is 15.9 Å². The number of halogens is 1. The molecular weight excluding hydrogens is 258 g/mol. The van der Waals surface area contributed by atoms with E-state index < -0.39 is 0 Å². The van der Waals surface area contributed by atoms with Gasteiger partial charge in [-0.2, -0.15) is 0 Å². The van der Waals surface area contributed by atoms with E-state index in [0.717, 1.165) is 27.1 Å². The Balaban J connectivity index is 3.44. The molecule has 3 nitrogen and oxygen atoms in total. The molecule has 1 aromatic rings. The second kappa shape index (κ2) is 4.86. The molecule has 1 unspecified atom stereocenters. The Labute approximate surface area is 98.7 Å². The van der Waals surface area contributed by atoms with Crippen molar-refractivity contribution in [2.45, 2.75) is 19.9 Å². The van der Waals surface area contributed by atoms with Crippen molar-refractivity contribution in [1.29, 1.82) is 0 Å². The highest BCUT2D eigenvalue weighted by atomic mass is 79.9. The number of nitrogens with two attached hydrogens (primary N) is 1. The Morgan fingerprint density at radius 2 is 1.80 bits per heavy atom. The third-order valence-corrected chi connectivity index (χ3v) is 2.93. The molecule has 1 aromatic carbocycles. The van der Waals surface area contributed by atoms with Crippen LogP contribution in [0.3, 0.4) is 0 Å². The molecule has 0 saturated heterocycles. The van der Waals surface area contributed by atoms with Crippen LogP contribution in [0.5, 0.6) is 11.5 Å². The van der Waals surface area contributed by atoms with Crippen LogP contribution in [-0.2, 0) is 0 Å². The molecule has 0 aliphatic carbocycles. The molecule has 0 heterocycles. The predicted molar refractivity (Wildman–Crippen MR) is 64.6 cm³/mol. The normalized spacial score (nSPS) is 12.4. The number of methoxy groups -OCH3 is 2. The third-order valence-electron chi connectivity index (χ3n) is 2.34. The van der Waals surface area contributed by atoms with Crippen LogP contribution < -0.4 is 15.2 Å². The molecule has 4 heteroatoms. The fourth-order valence-corrected chi connectivity index (χ4v) is 2.33. The Morgan fingerprint density at radius 3 is 2.20 bits per heavy atom. The van der Waals surface area contributed by atoms with Gasteiger partial charge in [0.15, 0.2) is 0 Å². The largest absolute Gasteiger partial charge is 0.496 e. The van der Waals surface area contributed by atoms with Crippen LogP contribution in [0.4, 0.5) is 0 Å². The van der Waals surface area contributed by atoms with Gasteiger partial charge in [0.25, 0.3) is 0 Å². The molecule has 1 rings (SSSR count). The van der Waals surface area contributed by atoms with Crippen molar-refractivity contribution in [1.82, 2.24) is 0 Å². The Morgan fingerprint density at radius 1 is 1.27 bits per heavy atom. The lowest BCUT2D eigenvalue weighted by Crippen LogP contribution is -2.08. The summed E-state index contributed by atoms with van der Waals surface area (Å²) in [5.41, 5.74) is 7.81. The molecular formula is C11H16BrNO2. The molecule has 0 fully saturated rings. The van der Waals surface area contributed by atoms with E-state index >= 15 is 0 Å². The van der Waals surface area contributed by atoms with Crippen molar-refractivity contribution in [3.05, 3.63) is 21.7 Å². The van der Waals surface area contributed by atoms with E-state index in [-0.39, 0.29) is 6.04 Å². The van der Waals surface area contributed by atoms with Crippen molar-refractivity contribution in [3.8, 4) is 11.5 Å². The van der Waals surface area contributed by atoms with E-state index in [1.807, 2.05) is 19.9 Å². The van der Waals surface area contributed by atoms with Crippen molar-refractivity contribution in [2.24, 2.45) is 5.73 Å². The molecule has 0 spiro atoms. The second-order valence-electron chi connectivity index (χ2n) is 3.43. The van der Waals surface area contributed by atoms with Crippen LogP contribution in [-0.4, -0.2) is 14.2 Å². The third kappa shape index (κ3) is 2.26. The molecule has 0 aliphatic rings. The highest BCUT2D eigenvalue weighted by molar-refractivity contribution is 9.10. The van der Waals surface area contributed by atoms with Gasteiger partial charge in [-0.25, -0.2) is 0 Å². The fourth-order valence-electron chi connectivity index (χ4n) is 1.63. The average molecular weight is 274 g/mol. The lowest BCUT2D eigenvalue weighted by atomic mass is 10.0. The quantitative estimate of drug-likeness (QED) is 0.921. The number of rotatable bonds is 3. The topological polar surface area (TPSA) is 44.5 Å². The average Bonchev–Trinajstić information content (AvgIpc) is 2.17.